The van der Waals surface area contributed by atoms with Gasteiger partial charge >= 0.3 is 12.1 Å². The van der Waals surface area contributed by atoms with E-state index in [-0.39, 0.29) is 11.5 Å². The number of alkyl halides is 3. The summed E-state index contributed by atoms with van der Waals surface area (Å²) in [5, 5.41) is 12.3. The van der Waals surface area contributed by atoms with E-state index >= 15 is 0 Å². The summed E-state index contributed by atoms with van der Waals surface area (Å²) < 4.78 is 39.7. The van der Waals surface area contributed by atoms with Crippen LogP contribution in [0.25, 0.3) is 0 Å². The van der Waals surface area contributed by atoms with E-state index in [1.165, 1.54) is 4.88 Å². The van der Waals surface area contributed by atoms with Gasteiger partial charge in [0.2, 0.25) is 0 Å². The van der Waals surface area contributed by atoms with Gasteiger partial charge in [0.1, 0.15) is 5.69 Å². The summed E-state index contributed by atoms with van der Waals surface area (Å²) in [7, 11) is 1.89. The lowest BCUT2D eigenvalue weighted by atomic mass is 9.79. The van der Waals surface area contributed by atoms with Crippen molar-refractivity contribution in [2.24, 2.45) is 13.0 Å². The molecule has 2 aliphatic heterocycles. The highest BCUT2D eigenvalue weighted by molar-refractivity contribution is 7.09. The summed E-state index contributed by atoms with van der Waals surface area (Å²) in [6.45, 7) is 4.62. The molecular formula is C21H26F3N3O4S. The van der Waals surface area contributed by atoms with Gasteiger partial charge in [0.05, 0.1) is 5.60 Å². The Balaban J connectivity index is 0.000000360. The number of nitrogens with zero attached hydrogens (tertiary/aromatic N) is 2. The second-order valence-electron chi connectivity index (χ2n) is 7.98. The van der Waals surface area contributed by atoms with Crippen LogP contribution >= 0.6 is 11.3 Å². The van der Waals surface area contributed by atoms with Crippen LogP contribution in [0.3, 0.4) is 0 Å². The van der Waals surface area contributed by atoms with Crippen LogP contribution in [0.15, 0.2) is 35.8 Å². The molecule has 1 amide bonds. The highest BCUT2D eigenvalue weighted by Gasteiger charge is 2.52. The molecule has 1 unspecified atom stereocenters. The molecule has 0 bridgehead atoms. The summed E-state index contributed by atoms with van der Waals surface area (Å²) in [5.74, 6) is -2.21. The Bertz CT molecular complexity index is 908. The predicted molar refractivity (Wildman–Crippen MR) is 112 cm³/mol. The maximum absolute atomic E-state index is 12.2. The van der Waals surface area contributed by atoms with Gasteiger partial charge in [-0.3, -0.25) is 9.69 Å². The first-order chi connectivity index (χ1) is 15.1. The van der Waals surface area contributed by atoms with Gasteiger partial charge < -0.3 is 19.7 Å². The molecule has 11 heteroatoms. The molecule has 1 atom stereocenters. The number of aliphatic carboxylic acids is 1. The van der Waals surface area contributed by atoms with Crippen molar-refractivity contribution in [1.29, 1.82) is 0 Å². The topological polar surface area (TPSA) is 83.8 Å². The van der Waals surface area contributed by atoms with Crippen LogP contribution in [0.2, 0.25) is 0 Å². The first kappa shape index (κ1) is 24.3. The van der Waals surface area contributed by atoms with E-state index in [2.05, 4.69) is 27.7 Å². The summed E-state index contributed by atoms with van der Waals surface area (Å²) in [5.41, 5.74) is 0.732. The SMILES string of the molecule is Cn1cccc1C(=O)NCCC1CCOC12CN(Cc1cccs1)C2.O=C(O)C(F)(F)F. The number of likely N-dealkylation sites (tertiary alicyclic amines) is 1. The van der Waals surface area contributed by atoms with Crippen molar-refractivity contribution in [2.75, 3.05) is 26.2 Å². The van der Waals surface area contributed by atoms with Crippen molar-refractivity contribution in [3.63, 3.8) is 0 Å². The van der Waals surface area contributed by atoms with Gasteiger partial charge in [0, 0.05) is 50.9 Å². The number of hydrogen-bond donors (Lipinski definition) is 2. The number of rotatable bonds is 6. The highest BCUT2D eigenvalue weighted by atomic mass is 32.1. The Morgan fingerprint density at radius 2 is 2.03 bits per heavy atom. The van der Waals surface area contributed by atoms with Crippen LogP contribution < -0.4 is 5.32 Å². The van der Waals surface area contributed by atoms with Crippen molar-refractivity contribution in [3.05, 3.63) is 46.4 Å². The maximum atomic E-state index is 12.2. The third kappa shape index (κ3) is 5.90. The molecule has 1 spiro atoms. The Hall–Kier alpha value is -2.37. The Morgan fingerprint density at radius 1 is 1.31 bits per heavy atom. The molecule has 2 aromatic rings. The average molecular weight is 474 g/mol. The number of nitrogens with one attached hydrogen (secondary N) is 1. The molecule has 2 fully saturated rings. The third-order valence-corrected chi connectivity index (χ3v) is 6.60. The maximum Gasteiger partial charge on any atom is 0.490 e. The normalized spacial score (nSPS) is 19.8. The summed E-state index contributed by atoms with van der Waals surface area (Å²) >= 11 is 1.82. The van der Waals surface area contributed by atoms with E-state index in [0.717, 1.165) is 39.1 Å². The minimum Gasteiger partial charge on any atom is -0.475 e. The molecule has 32 heavy (non-hydrogen) atoms. The minimum atomic E-state index is -5.08. The van der Waals surface area contributed by atoms with E-state index in [9.17, 15) is 18.0 Å². The van der Waals surface area contributed by atoms with Crippen molar-refractivity contribution < 1.29 is 32.6 Å². The molecule has 2 N–H and O–H groups in total. The Labute approximate surface area is 187 Å². The van der Waals surface area contributed by atoms with Gasteiger partial charge in [-0.2, -0.15) is 13.2 Å². The number of hydrogen-bond acceptors (Lipinski definition) is 5. The summed E-state index contributed by atoms with van der Waals surface area (Å²) in [6, 6.07) is 8.05. The van der Waals surface area contributed by atoms with E-state index in [0.29, 0.717) is 18.2 Å². The number of ether oxygens (including phenoxy) is 1. The lowest BCUT2D eigenvalue weighted by molar-refractivity contribution is -0.192. The molecule has 0 aromatic carbocycles. The van der Waals surface area contributed by atoms with Crippen molar-refractivity contribution in [3.8, 4) is 0 Å². The number of aryl methyl sites for hydroxylation is 1. The average Bonchev–Trinajstić information content (AvgIpc) is 3.43. The molecule has 0 aliphatic carbocycles. The van der Waals surface area contributed by atoms with Crippen LogP contribution in [-0.2, 0) is 23.1 Å². The molecule has 176 valence electrons. The number of carbonyl (C=O) groups is 2. The van der Waals surface area contributed by atoms with E-state index < -0.39 is 12.1 Å². The van der Waals surface area contributed by atoms with Gasteiger partial charge in [-0.15, -0.1) is 11.3 Å². The minimum absolute atomic E-state index is 0.00777. The molecule has 2 aromatic heterocycles. The molecule has 7 nitrogen and oxygen atoms in total. The monoisotopic (exact) mass is 473 g/mol. The third-order valence-electron chi connectivity index (χ3n) is 5.74. The number of carbonyl (C=O) groups excluding carboxylic acids is 1. The zero-order chi connectivity index (χ0) is 23.4. The first-order valence-corrected chi connectivity index (χ1v) is 11.1. The first-order valence-electron chi connectivity index (χ1n) is 10.2. The molecule has 2 saturated heterocycles. The number of thiophene rings is 1. The smallest absolute Gasteiger partial charge is 0.475 e. The van der Waals surface area contributed by atoms with Crippen LogP contribution in [0.4, 0.5) is 13.2 Å². The lowest BCUT2D eigenvalue weighted by Crippen LogP contribution is -2.64. The Morgan fingerprint density at radius 3 is 2.59 bits per heavy atom. The number of carboxylic acid groups (broad SMARTS) is 1. The summed E-state index contributed by atoms with van der Waals surface area (Å²) in [4.78, 5) is 25.0. The largest absolute Gasteiger partial charge is 0.490 e. The Kier molecular flexibility index (Phi) is 7.63. The summed E-state index contributed by atoms with van der Waals surface area (Å²) in [6.07, 6.45) is -1.10. The second kappa shape index (κ2) is 10.1. The van der Waals surface area contributed by atoms with Gasteiger partial charge in [-0.05, 0) is 42.3 Å². The molecule has 0 saturated carbocycles. The molecule has 4 rings (SSSR count). The van der Waals surface area contributed by atoms with Gasteiger partial charge in [0.25, 0.3) is 5.91 Å². The van der Waals surface area contributed by atoms with Crippen LogP contribution in [0, 0.1) is 5.92 Å². The second-order valence-corrected chi connectivity index (χ2v) is 9.01. The quantitative estimate of drug-likeness (QED) is 0.674. The van der Waals surface area contributed by atoms with Crippen LogP contribution in [-0.4, -0.2) is 64.5 Å². The van der Waals surface area contributed by atoms with Crippen molar-refractivity contribution in [1.82, 2.24) is 14.8 Å². The standard InChI is InChI=1S/C19H25N3O2S.C2HF3O2/c1-21-9-2-5-17(21)18(23)20-8-6-15-7-10-24-19(15)13-22(14-19)12-16-4-3-11-25-16;3-2(4,5)1(6)7/h2-5,9,11,15H,6-8,10,12-14H2,1H3,(H,20,23);(H,6,7). The van der Waals surface area contributed by atoms with Crippen molar-refractivity contribution >= 4 is 23.2 Å². The predicted octanol–water partition coefficient (Wildman–Crippen LogP) is 3.13. The number of aromatic nitrogens is 1. The number of halogens is 3. The number of carboxylic acids is 1. The van der Waals surface area contributed by atoms with E-state index in [1.807, 2.05) is 41.3 Å². The zero-order valence-corrected chi connectivity index (χ0v) is 18.4. The highest BCUT2D eigenvalue weighted by Crippen LogP contribution is 2.42. The van der Waals surface area contributed by atoms with Gasteiger partial charge in [-0.1, -0.05) is 6.07 Å². The molecular weight excluding hydrogens is 447 g/mol. The molecule has 2 aliphatic rings. The fraction of sp³-hybridized carbons (Fsp3) is 0.524. The fourth-order valence-corrected chi connectivity index (χ4v) is 4.88. The van der Waals surface area contributed by atoms with Gasteiger partial charge in [-0.25, -0.2) is 4.79 Å². The van der Waals surface area contributed by atoms with Crippen LogP contribution in [0.5, 0.6) is 0 Å². The molecule has 4 heterocycles. The zero-order valence-electron chi connectivity index (χ0n) is 17.6. The van der Waals surface area contributed by atoms with Gasteiger partial charge in [0.15, 0.2) is 0 Å². The lowest BCUT2D eigenvalue weighted by Gasteiger charge is -2.50. The van der Waals surface area contributed by atoms with E-state index in [1.54, 1.807) is 0 Å². The van der Waals surface area contributed by atoms with Crippen LogP contribution in [0.1, 0.15) is 28.2 Å². The molecule has 0 radical (unpaired) electrons. The number of amides is 1. The van der Waals surface area contributed by atoms with Crippen molar-refractivity contribution in [2.45, 2.75) is 31.2 Å². The van der Waals surface area contributed by atoms with E-state index in [4.69, 9.17) is 14.6 Å². The fourth-order valence-electron chi connectivity index (χ4n) is 4.14.